The van der Waals surface area contributed by atoms with Gasteiger partial charge in [0.1, 0.15) is 6.61 Å². The minimum absolute atomic E-state index is 0.201. The molecule has 0 aliphatic heterocycles. The van der Waals surface area contributed by atoms with E-state index in [9.17, 15) is 4.79 Å². The zero-order valence-corrected chi connectivity index (χ0v) is 29.7. The molecule has 0 saturated carbocycles. The van der Waals surface area contributed by atoms with E-state index in [1.54, 1.807) is 24.3 Å². The second kappa shape index (κ2) is 39.0. The van der Waals surface area contributed by atoms with Crippen LogP contribution in [-0.4, -0.2) is 171 Å². The van der Waals surface area contributed by atoms with Gasteiger partial charge in [-0.15, -0.1) is 0 Å². The Morgan fingerprint density at radius 1 is 0.367 bits per heavy atom. The van der Waals surface area contributed by atoms with E-state index in [1.807, 2.05) is 6.07 Å². The van der Waals surface area contributed by atoms with Crippen LogP contribution in [0.1, 0.15) is 30.1 Å². The lowest BCUT2D eigenvalue weighted by Crippen LogP contribution is -2.15. The minimum atomic E-state index is -0.356. The Balaban J connectivity index is 1.62. The van der Waals surface area contributed by atoms with Crippen LogP contribution in [-0.2, 0) is 61.6 Å². The lowest BCUT2D eigenvalue weighted by atomic mass is 10.2. The molecule has 0 bridgehead atoms. The number of hydrogen-bond donors (Lipinski definition) is 0. The number of benzene rings is 1. The molecule has 0 aromatic heterocycles. The molecule has 1 rings (SSSR count). The molecule has 14 nitrogen and oxygen atoms in total. The molecular formula is C35H62O14. The largest absolute Gasteiger partial charge is 0.460 e. The number of carbonyl (C=O) groups excluding carboxylic acids is 1. The number of hydrogen-bond acceptors (Lipinski definition) is 14. The van der Waals surface area contributed by atoms with Crippen LogP contribution in [0.3, 0.4) is 0 Å². The lowest BCUT2D eigenvalue weighted by molar-refractivity contribution is -0.0288. The Labute approximate surface area is 293 Å². The molecule has 0 heterocycles. The fraction of sp³-hybridized carbons (Fsp3) is 0.800. The molecule has 1 aromatic carbocycles. The Bertz CT molecular complexity index is 789. The molecule has 0 N–H and O–H groups in total. The predicted molar refractivity (Wildman–Crippen MR) is 181 cm³/mol. The molecule has 0 aliphatic rings. The molecule has 0 saturated heterocycles. The summed E-state index contributed by atoms with van der Waals surface area (Å²) in [5.41, 5.74) is 0.525. The molecule has 14 heteroatoms. The fourth-order valence-electron chi connectivity index (χ4n) is 3.62. The average Bonchev–Trinajstić information content (AvgIpc) is 3.13. The zero-order valence-electron chi connectivity index (χ0n) is 29.7. The van der Waals surface area contributed by atoms with E-state index in [1.165, 1.54) is 0 Å². The van der Waals surface area contributed by atoms with Crippen LogP contribution < -0.4 is 0 Å². The Morgan fingerprint density at radius 3 is 0.878 bits per heavy atom. The average molecular weight is 707 g/mol. The number of ether oxygens (including phenoxy) is 13. The quantitative estimate of drug-likeness (QED) is 0.0731. The summed E-state index contributed by atoms with van der Waals surface area (Å²) in [4.78, 5) is 11.8. The molecule has 0 fully saturated rings. The van der Waals surface area contributed by atoms with Gasteiger partial charge in [0.15, 0.2) is 0 Å². The van der Waals surface area contributed by atoms with Crippen molar-refractivity contribution in [2.24, 2.45) is 0 Å². The van der Waals surface area contributed by atoms with Crippen molar-refractivity contribution in [1.29, 1.82) is 0 Å². The fourth-order valence-corrected chi connectivity index (χ4v) is 3.62. The minimum Gasteiger partial charge on any atom is -0.460 e. The second-order valence-electron chi connectivity index (χ2n) is 10.2. The van der Waals surface area contributed by atoms with Crippen molar-refractivity contribution in [2.45, 2.75) is 19.8 Å². The summed E-state index contributed by atoms with van der Waals surface area (Å²) in [7, 11) is 0. The van der Waals surface area contributed by atoms with E-state index in [0.717, 1.165) is 19.4 Å². The van der Waals surface area contributed by atoms with E-state index in [0.29, 0.717) is 158 Å². The van der Waals surface area contributed by atoms with Crippen LogP contribution in [0, 0.1) is 0 Å². The van der Waals surface area contributed by atoms with E-state index < -0.39 is 0 Å². The van der Waals surface area contributed by atoms with Crippen molar-refractivity contribution in [1.82, 2.24) is 0 Å². The molecule has 1 aromatic rings. The molecular weight excluding hydrogens is 644 g/mol. The number of unbranched alkanes of at least 4 members (excludes halogenated alkanes) is 1. The summed E-state index contributed by atoms with van der Waals surface area (Å²) >= 11 is 0. The molecule has 49 heavy (non-hydrogen) atoms. The highest BCUT2D eigenvalue weighted by Gasteiger charge is 2.05. The van der Waals surface area contributed by atoms with Crippen LogP contribution in [0.15, 0.2) is 30.3 Å². The van der Waals surface area contributed by atoms with E-state index >= 15 is 0 Å². The summed E-state index contributed by atoms with van der Waals surface area (Å²) in [5.74, 6) is -0.356. The van der Waals surface area contributed by atoms with Gasteiger partial charge in [-0.1, -0.05) is 31.5 Å². The van der Waals surface area contributed by atoms with Crippen LogP contribution in [0.4, 0.5) is 0 Å². The van der Waals surface area contributed by atoms with Crippen LogP contribution in [0.2, 0.25) is 0 Å². The second-order valence-corrected chi connectivity index (χ2v) is 10.2. The maximum atomic E-state index is 11.8. The third-order valence-corrected chi connectivity index (χ3v) is 6.20. The van der Waals surface area contributed by atoms with Gasteiger partial charge in [0, 0.05) is 6.61 Å². The van der Waals surface area contributed by atoms with Gasteiger partial charge < -0.3 is 61.6 Å². The van der Waals surface area contributed by atoms with Crippen molar-refractivity contribution in [3.63, 3.8) is 0 Å². The third-order valence-electron chi connectivity index (χ3n) is 6.20. The Morgan fingerprint density at radius 2 is 0.612 bits per heavy atom. The van der Waals surface area contributed by atoms with E-state index in [-0.39, 0.29) is 12.6 Å². The molecule has 0 aliphatic carbocycles. The van der Waals surface area contributed by atoms with Crippen molar-refractivity contribution >= 4 is 5.97 Å². The molecule has 0 atom stereocenters. The van der Waals surface area contributed by atoms with Crippen molar-refractivity contribution < 1.29 is 66.4 Å². The first kappa shape index (κ1) is 45.2. The number of rotatable bonds is 40. The van der Waals surface area contributed by atoms with Gasteiger partial charge >= 0.3 is 5.97 Å². The van der Waals surface area contributed by atoms with Crippen molar-refractivity contribution in [3.8, 4) is 0 Å². The summed E-state index contributed by atoms with van der Waals surface area (Å²) in [6.45, 7) is 14.7. The Kier molecular flexibility index (Phi) is 36.0. The monoisotopic (exact) mass is 706 g/mol. The van der Waals surface area contributed by atoms with Crippen LogP contribution in [0.5, 0.6) is 0 Å². The van der Waals surface area contributed by atoms with Gasteiger partial charge in [-0.3, -0.25) is 0 Å². The maximum absolute atomic E-state index is 11.8. The summed E-state index contributed by atoms with van der Waals surface area (Å²) in [5, 5.41) is 0. The van der Waals surface area contributed by atoms with E-state index in [2.05, 4.69) is 6.92 Å². The highest BCUT2D eigenvalue weighted by Crippen LogP contribution is 2.00. The number of carbonyl (C=O) groups is 1. The van der Waals surface area contributed by atoms with Crippen molar-refractivity contribution in [2.75, 3.05) is 165 Å². The first-order chi connectivity index (χ1) is 24.3. The van der Waals surface area contributed by atoms with Gasteiger partial charge in [0.05, 0.1) is 158 Å². The van der Waals surface area contributed by atoms with Gasteiger partial charge in [-0.25, -0.2) is 4.79 Å². The topological polar surface area (TPSA) is 137 Å². The van der Waals surface area contributed by atoms with Crippen LogP contribution in [0.25, 0.3) is 0 Å². The highest BCUT2D eigenvalue weighted by atomic mass is 16.6. The maximum Gasteiger partial charge on any atom is 0.338 e. The molecule has 286 valence electrons. The first-order valence-corrected chi connectivity index (χ1v) is 17.5. The third kappa shape index (κ3) is 34.4. The normalized spacial score (nSPS) is 11.4. The summed E-state index contributed by atoms with van der Waals surface area (Å²) in [6.07, 6.45) is 2.23. The molecule has 0 amide bonds. The summed E-state index contributed by atoms with van der Waals surface area (Å²) < 4.78 is 70.6. The SMILES string of the molecule is CCCCOCCOCCOCCOCCOCCOCCOCCOCCOCCOCCOCCOCCOC(=O)c1ccccc1. The molecule has 0 unspecified atom stereocenters. The first-order valence-electron chi connectivity index (χ1n) is 17.5. The van der Waals surface area contributed by atoms with Gasteiger partial charge in [0.25, 0.3) is 0 Å². The summed E-state index contributed by atoms with van der Waals surface area (Å²) in [6, 6.07) is 8.85. The molecule has 0 radical (unpaired) electrons. The van der Waals surface area contributed by atoms with Gasteiger partial charge in [-0.05, 0) is 18.6 Å². The van der Waals surface area contributed by atoms with E-state index in [4.69, 9.17) is 61.6 Å². The Hall–Kier alpha value is -1.79. The standard InChI is InChI=1S/C35H62O14/c1-2-3-9-37-10-11-38-12-13-39-14-15-40-16-17-41-18-19-42-20-21-43-22-23-44-24-25-45-26-27-46-28-29-47-30-31-48-32-33-49-35(36)34-7-5-4-6-8-34/h4-8H,2-3,9-33H2,1H3. The van der Waals surface area contributed by atoms with Crippen LogP contribution >= 0.6 is 0 Å². The predicted octanol–water partition coefficient (Wildman–Crippen LogP) is 2.84. The lowest BCUT2D eigenvalue weighted by Gasteiger charge is -2.09. The molecule has 0 spiro atoms. The smallest absolute Gasteiger partial charge is 0.338 e. The highest BCUT2D eigenvalue weighted by molar-refractivity contribution is 5.89. The van der Waals surface area contributed by atoms with Crippen molar-refractivity contribution in [3.05, 3.63) is 35.9 Å². The van der Waals surface area contributed by atoms with Gasteiger partial charge in [0.2, 0.25) is 0 Å². The van der Waals surface area contributed by atoms with Gasteiger partial charge in [-0.2, -0.15) is 0 Å². The number of esters is 1. The zero-order chi connectivity index (χ0) is 35.0.